The monoisotopic (exact) mass is 440 g/mol. The lowest BCUT2D eigenvalue weighted by Crippen LogP contribution is -2.41. The summed E-state index contributed by atoms with van der Waals surface area (Å²) in [6, 6.07) is 15.4. The zero-order valence-corrected chi connectivity index (χ0v) is 17.3. The fourth-order valence-corrected chi connectivity index (χ4v) is 4.78. The second-order valence-corrected chi connectivity index (χ2v) is 8.69. The number of amides is 1. The number of carbonyl (C=O) groups is 2. The fourth-order valence-electron chi connectivity index (χ4n) is 4.29. The molecule has 0 aliphatic carbocycles. The van der Waals surface area contributed by atoms with Crippen molar-refractivity contribution in [2.75, 3.05) is 18.4 Å². The fraction of sp³-hybridized carbons (Fsp3) is 0.333. The van der Waals surface area contributed by atoms with E-state index in [4.69, 9.17) is 0 Å². The Morgan fingerprint density at radius 2 is 2.07 bits per heavy atom. The number of nitrogens with zero attached hydrogens (tertiary/aromatic N) is 1. The molecule has 7 heteroatoms. The van der Waals surface area contributed by atoms with Crippen LogP contribution in [0.1, 0.15) is 32.7 Å². The SMILES string of the molecule is CB(O)N1CCC(Cc2ccccc2)(C(=O)c2ccc3c(c2)C(Br)C(=O)N3)C1. The Hall–Kier alpha value is -1.96. The molecule has 1 saturated heterocycles. The maximum absolute atomic E-state index is 13.7. The van der Waals surface area contributed by atoms with Crippen LogP contribution in [0.4, 0.5) is 5.69 Å². The zero-order valence-electron chi connectivity index (χ0n) is 15.7. The molecule has 28 heavy (non-hydrogen) atoms. The van der Waals surface area contributed by atoms with Crippen molar-refractivity contribution in [3.05, 3.63) is 65.2 Å². The maximum atomic E-state index is 13.7. The number of rotatable bonds is 5. The van der Waals surface area contributed by atoms with Gasteiger partial charge in [-0.1, -0.05) is 46.3 Å². The van der Waals surface area contributed by atoms with Gasteiger partial charge in [-0.2, -0.15) is 0 Å². The molecule has 1 amide bonds. The van der Waals surface area contributed by atoms with Crippen molar-refractivity contribution in [1.82, 2.24) is 4.81 Å². The summed E-state index contributed by atoms with van der Waals surface area (Å²) >= 11 is 3.40. The number of anilines is 1. The van der Waals surface area contributed by atoms with Gasteiger partial charge >= 0.3 is 7.05 Å². The Labute approximate surface area is 173 Å². The van der Waals surface area contributed by atoms with E-state index in [1.165, 1.54) is 0 Å². The van der Waals surface area contributed by atoms with Crippen molar-refractivity contribution in [1.29, 1.82) is 0 Å². The van der Waals surface area contributed by atoms with Crippen LogP contribution in [0, 0.1) is 5.41 Å². The van der Waals surface area contributed by atoms with E-state index < -0.39 is 17.3 Å². The summed E-state index contributed by atoms with van der Waals surface area (Å²) in [6.45, 7) is 2.94. The molecule has 0 saturated carbocycles. The van der Waals surface area contributed by atoms with Gasteiger partial charge in [0, 0.05) is 17.8 Å². The number of Topliss-reactive ketones (excluding diaryl/α,β-unsaturated/α-hetero) is 1. The number of halogens is 1. The van der Waals surface area contributed by atoms with Gasteiger partial charge in [-0.3, -0.25) is 9.59 Å². The molecule has 5 nitrogen and oxygen atoms in total. The summed E-state index contributed by atoms with van der Waals surface area (Å²) < 4.78 is 0. The minimum Gasteiger partial charge on any atom is -0.437 e. The lowest BCUT2D eigenvalue weighted by molar-refractivity contribution is -0.115. The standard InChI is InChI=1S/C21H22BBrN2O3/c1-22(28)25-10-9-21(13-25,12-14-5-3-2-4-6-14)19(26)15-7-8-17-16(11-15)18(23)20(27)24-17/h2-8,11,18,28H,9-10,12-13H2,1H3,(H,24,27). The highest BCUT2D eigenvalue weighted by Gasteiger charge is 2.46. The van der Waals surface area contributed by atoms with Gasteiger partial charge in [0.15, 0.2) is 5.78 Å². The molecular weight excluding hydrogens is 419 g/mol. The first-order valence-corrected chi connectivity index (χ1v) is 10.4. The van der Waals surface area contributed by atoms with Crippen molar-refractivity contribution in [3.8, 4) is 0 Å². The molecule has 2 aromatic rings. The maximum Gasteiger partial charge on any atom is 0.376 e. The summed E-state index contributed by atoms with van der Waals surface area (Å²) in [5, 5.41) is 12.9. The zero-order chi connectivity index (χ0) is 19.9. The van der Waals surface area contributed by atoms with Crippen LogP contribution >= 0.6 is 15.9 Å². The molecule has 2 aliphatic heterocycles. The molecule has 2 aromatic carbocycles. The minimum absolute atomic E-state index is 0.0707. The number of ketones is 1. The molecule has 2 heterocycles. The molecule has 1 fully saturated rings. The van der Waals surface area contributed by atoms with E-state index in [-0.39, 0.29) is 11.7 Å². The number of fused-ring (bicyclic) bond motifs is 1. The highest BCUT2D eigenvalue weighted by atomic mass is 79.9. The number of hydrogen-bond acceptors (Lipinski definition) is 4. The molecule has 4 rings (SSSR count). The normalized spacial score (nSPS) is 24.1. The number of alkyl halides is 1. The Morgan fingerprint density at radius 1 is 1.32 bits per heavy atom. The van der Waals surface area contributed by atoms with Gasteiger partial charge in [-0.05, 0) is 55.5 Å². The second kappa shape index (κ2) is 7.46. The topological polar surface area (TPSA) is 69.6 Å². The first kappa shape index (κ1) is 19.4. The predicted octanol–water partition coefficient (Wildman–Crippen LogP) is 3.30. The van der Waals surface area contributed by atoms with E-state index in [9.17, 15) is 14.6 Å². The Bertz CT molecular complexity index is 921. The molecule has 0 spiro atoms. The van der Waals surface area contributed by atoms with E-state index in [1.807, 2.05) is 41.2 Å². The number of carbonyl (C=O) groups excluding carboxylic acids is 2. The lowest BCUT2D eigenvalue weighted by Gasteiger charge is -2.29. The molecule has 2 aliphatic rings. The molecule has 0 bridgehead atoms. The quantitative estimate of drug-likeness (QED) is 0.425. The summed E-state index contributed by atoms with van der Waals surface area (Å²) in [6.07, 6.45) is 1.32. The van der Waals surface area contributed by atoms with Crippen molar-refractivity contribution in [2.45, 2.75) is 24.5 Å². The largest absolute Gasteiger partial charge is 0.437 e. The van der Waals surface area contributed by atoms with Crippen LogP contribution in [0.3, 0.4) is 0 Å². The van der Waals surface area contributed by atoms with E-state index >= 15 is 0 Å². The van der Waals surface area contributed by atoms with Gasteiger partial charge in [0.25, 0.3) is 0 Å². The first-order valence-electron chi connectivity index (χ1n) is 9.49. The van der Waals surface area contributed by atoms with Gasteiger partial charge in [-0.25, -0.2) is 0 Å². The summed E-state index contributed by atoms with van der Waals surface area (Å²) in [5.41, 5.74) is 2.68. The van der Waals surface area contributed by atoms with Gasteiger partial charge in [-0.15, -0.1) is 0 Å². The average Bonchev–Trinajstić information content (AvgIpc) is 3.24. The third-order valence-electron chi connectivity index (χ3n) is 5.85. The van der Waals surface area contributed by atoms with Crippen molar-refractivity contribution < 1.29 is 14.6 Å². The van der Waals surface area contributed by atoms with Gasteiger partial charge in [0.1, 0.15) is 4.83 Å². The molecule has 0 aromatic heterocycles. The first-order chi connectivity index (χ1) is 13.4. The van der Waals surface area contributed by atoms with Gasteiger partial charge in [0.05, 0.1) is 5.41 Å². The third-order valence-corrected chi connectivity index (χ3v) is 6.76. The van der Waals surface area contributed by atoms with Crippen LogP contribution < -0.4 is 5.32 Å². The van der Waals surface area contributed by atoms with Crippen LogP contribution in [0.5, 0.6) is 0 Å². The predicted molar refractivity (Wildman–Crippen MR) is 114 cm³/mol. The molecule has 2 atom stereocenters. The molecule has 2 N–H and O–H groups in total. The van der Waals surface area contributed by atoms with E-state index in [0.717, 1.165) is 16.8 Å². The van der Waals surface area contributed by atoms with Crippen molar-refractivity contribution >= 4 is 40.4 Å². The smallest absolute Gasteiger partial charge is 0.376 e. The average molecular weight is 441 g/mol. The second-order valence-electron chi connectivity index (χ2n) is 7.78. The Kier molecular flexibility index (Phi) is 5.16. The number of nitrogens with one attached hydrogen (secondary N) is 1. The molecule has 2 unspecified atom stereocenters. The minimum atomic E-state index is -0.593. The van der Waals surface area contributed by atoms with E-state index in [1.54, 1.807) is 19.0 Å². The van der Waals surface area contributed by atoms with E-state index in [0.29, 0.717) is 31.5 Å². The van der Waals surface area contributed by atoms with Crippen LogP contribution in [0.15, 0.2) is 48.5 Å². The third kappa shape index (κ3) is 3.43. The Balaban J connectivity index is 1.69. The molecule has 0 radical (unpaired) electrons. The number of hydrogen-bond donors (Lipinski definition) is 2. The van der Waals surface area contributed by atoms with Crippen LogP contribution in [-0.4, -0.2) is 41.7 Å². The highest BCUT2D eigenvalue weighted by molar-refractivity contribution is 9.09. The Morgan fingerprint density at radius 3 is 2.75 bits per heavy atom. The summed E-state index contributed by atoms with van der Waals surface area (Å²) in [7, 11) is -0.584. The van der Waals surface area contributed by atoms with Crippen LogP contribution in [-0.2, 0) is 11.2 Å². The van der Waals surface area contributed by atoms with Crippen LogP contribution in [0.2, 0.25) is 6.82 Å². The summed E-state index contributed by atoms with van der Waals surface area (Å²) in [4.78, 5) is 27.1. The van der Waals surface area contributed by atoms with Gasteiger partial charge in [0.2, 0.25) is 5.91 Å². The lowest BCUT2D eigenvalue weighted by atomic mass is 9.74. The number of benzene rings is 2. The molecule has 144 valence electrons. The molecular formula is C21H22BBrN2O3. The highest BCUT2D eigenvalue weighted by Crippen LogP contribution is 2.41. The van der Waals surface area contributed by atoms with Crippen molar-refractivity contribution in [3.63, 3.8) is 0 Å². The van der Waals surface area contributed by atoms with Crippen LogP contribution in [0.25, 0.3) is 0 Å². The summed E-state index contributed by atoms with van der Waals surface area (Å²) in [5.74, 6) is -0.0407. The van der Waals surface area contributed by atoms with Crippen molar-refractivity contribution in [2.24, 2.45) is 5.41 Å². The van der Waals surface area contributed by atoms with Gasteiger partial charge < -0.3 is 15.2 Å². The van der Waals surface area contributed by atoms with E-state index in [2.05, 4.69) is 21.2 Å².